The number of nitrogens with zero attached hydrogens (tertiary/aromatic N) is 1. The Morgan fingerprint density at radius 1 is 1.29 bits per heavy atom. The van der Waals surface area contributed by atoms with Gasteiger partial charge in [-0.25, -0.2) is 0 Å². The van der Waals surface area contributed by atoms with Crippen LogP contribution >= 0.6 is 0 Å². The third-order valence-corrected chi connectivity index (χ3v) is 1.74. The van der Waals surface area contributed by atoms with Gasteiger partial charge in [0, 0.05) is 6.20 Å². The van der Waals surface area contributed by atoms with Gasteiger partial charge in [-0.2, -0.15) is 22.0 Å². The second-order valence-corrected chi connectivity index (χ2v) is 2.99. The monoisotopic (exact) mass is 255 g/mol. The van der Waals surface area contributed by atoms with Gasteiger partial charge in [-0.15, -0.1) is 0 Å². The predicted octanol–water partition coefficient (Wildman–Crippen LogP) is 1.80. The van der Waals surface area contributed by atoms with Gasteiger partial charge in [-0.3, -0.25) is 9.78 Å². The van der Waals surface area contributed by atoms with E-state index in [0.29, 0.717) is 0 Å². The Kier molecular flexibility index (Phi) is 3.21. The number of aromatic nitrogens is 1. The van der Waals surface area contributed by atoms with E-state index in [1.807, 2.05) is 0 Å². The molecule has 0 aliphatic heterocycles. The first kappa shape index (κ1) is 13.1. The highest BCUT2D eigenvalue weighted by Crippen LogP contribution is 2.36. The maximum Gasteiger partial charge on any atom is 0.463 e. The number of nitrogen functional groups attached to an aromatic ring is 1. The molecule has 0 atom stereocenters. The van der Waals surface area contributed by atoms with Gasteiger partial charge in [0.05, 0.1) is 17.6 Å². The van der Waals surface area contributed by atoms with E-state index in [9.17, 15) is 26.7 Å². The lowest BCUT2D eigenvalue weighted by Crippen LogP contribution is -2.47. The number of anilines is 2. The van der Waals surface area contributed by atoms with Crippen molar-refractivity contribution in [2.75, 3.05) is 11.1 Å². The van der Waals surface area contributed by atoms with E-state index in [4.69, 9.17) is 5.73 Å². The van der Waals surface area contributed by atoms with Crippen LogP contribution in [0.4, 0.5) is 33.3 Å². The van der Waals surface area contributed by atoms with Crippen molar-refractivity contribution in [1.82, 2.24) is 4.98 Å². The average molecular weight is 255 g/mol. The van der Waals surface area contributed by atoms with E-state index >= 15 is 0 Å². The summed E-state index contributed by atoms with van der Waals surface area (Å²) in [6, 6.07) is 1.000. The lowest BCUT2D eigenvalue weighted by atomic mass is 10.2. The summed E-state index contributed by atoms with van der Waals surface area (Å²) >= 11 is 0. The van der Waals surface area contributed by atoms with Crippen LogP contribution in [0, 0.1) is 0 Å². The smallest absolute Gasteiger partial charge is 0.396 e. The third kappa shape index (κ3) is 2.60. The number of carbonyl (C=O) groups is 1. The van der Waals surface area contributed by atoms with Crippen molar-refractivity contribution in [3.63, 3.8) is 0 Å². The Morgan fingerprint density at radius 2 is 1.88 bits per heavy atom. The first-order valence-electron chi connectivity index (χ1n) is 4.11. The van der Waals surface area contributed by atoms with E-state index in [-0.39, 0.29) is 11.4 Å². The van der Waals surface area contributed by atoms with Crippen LogP contribution < -0.4 is 11.1 Å². The van der Waals surface area contributed by atoms with Gasteiger partial charge < -0.3 is 11.1 Å². The number of hydrogen-bond donors (Lipinski definition) is 2. The molecule has 3 N–H and O–H groups in total. The largest absolute Gasteiger partial charge is 0.463 e. The molecule has 4 nitrogen and oxygen atoms in total. The Bertz CT molecular complexity index is 431. The van der Waals surface area contributed by atoms with Gasteiger partial charge in [0.2, 0.25) is 0 Å². The lowest BCUT2D eigenvalue weighted by molar-refractivity contribution is -0.267. The zero-order chi connectivity index (χ0) is 13.3. The zero-order valence-corrected chi connectivity index (χ0v) is 8.05. The first-order chi connectivity index (χ1) is 7.66. The maximum atomic E-state index is 12.5. The molecule has 1 aromatic heterocycles. The summed E-state index contributed by atoms with van der Waals surface area (Å²) in [5.41, 5.74) is 4.63. The van der Waals surface area contributed by atoms with Crippen molar-refractivity contribution >= 4 is 17.3 Å². The fourth-order valence-corrected chi connectivity index (χ4v) is 0.850. The average Bonchev–Trinajstić information content (AvgIpc) is 2.19. The Balaban J connectivity index is 2.91. The topological polar surface area (TPSA) is 68.0 Å². The van der Waals surface area contributed by atoms with E-state index < -0.39 is 18.0 Å². The quantitative estimate of drug-likeness (QED) is 0.792. The molecule has 9 heteroatoms. The number of nitrogens with two attached hydrogens (primary N) is 1. The highest BCUT2D eigenvalue weighted by Gasteiger charge is 2.63. The highest BCUT2D eigenvalue weighted by molar-refractivity contribution is 5.98. The van der Waals surface area contributed by atoms with Gasteiger partial charge in [0.25, 0.3) is 0 Å². The molecule has 94 valence electrons. The molecule has 0 radical (unpaired) electrons. The van der Waals surface area contributed by atoms with Gasteiger partial charge in [-0.1, -0.05) is 0 Å². The number of rotatable bonds is 2. The SMILES string of the molecule is Nc1cnccc1NC(=O)C(F)(F)C(F)(F)F. The summed E-state index contributed by atoms with van der Waals surface area (Å²) in [5, 5.41) is 1.38. The zero-order valence-electron chi connectivity index (χ0n) is 8.05. The third-order valence-electron chi connectivity index (χ3n) is 1.74. The molecule has 1 aromatic rings. The van der Waals surface area contributed by atoms with Crippen LogP contribution in [-0.4, -0.2) is 23.0 Å². The van der Waals surface area contributed by atoms with Crippen molar-refractivity contribution in [3.8, 4) is 0 Å². The number of carbonyl (C=O) groups excluding carboxylic acids is 1. The summed E-state index contributed by atoms with van der Waals surface area (Å²) in [6.45, 7) is 0. The lowest BCUT2D eigenvalue weighted by Gasteiger charge is -2.18. The van der Waals surface area contributed by atoms with Crippen molar-refractivity contribution in [2.45, 2.75) is 12.1 Å². The van der Waals surface area contributed by atoms with Gasteiger partial charge in [-0.05, 0) is 6.07 Å². The van der Waals surface area contributed by atoms with E-state index in [1.165, 1.54) is 5.32 Å². The maximum absolute atomic E-state index is 12.5. The fraction of sp³-hybridized carbons (Fsp3) is 0.250. The number of hydrogen-bond acceptors (Lipinski definition) is 3. The highest BCUT2D eigenvalue weighted by atomic mass is 19.4. The standard InChI is InChI=1S/C8H6F5N3O/c9-7(10,8(11,12)13)6(17)16-5-1-2-15-3-4(5)14/h1-3H,14H2,(H,15,16,17). The minimum Gasteiger partial charge on any atom is -0.396 e. The van der Waals surface area contributed by atoms with Crippen LogP contribution in [0.2, 0.25) is 0 Å². The molecule has 0 spiro atoms. The predicted molar refractivity (Wildman–Crippen MR) is 48.3 cm³/mol. The number of pyridine rings is 1. The molecule has 0 aliphatic carbocycles. The summed E-state index contributed by atoms with van der Waals surface area (Å²) in [7, 11) is 0. The summed E-state index contributed by atoms with van der Waals surface area (Å²) < 4.78 is 60.6. The van der Waals surface area contributed by atoms with Crippen molar-refractivity contribution < 1.29 is 26.7 Å². The summed E-state index contributed by atoms with van der Waals surface area (Å²) in [6.07, 6.45) is -3.88. The second kappa shape index (κ2) is 4.15. The molecule has 1 amide bonds. The second-order valence-electron chi connectivity index (χ2n) is 2.99. The van der Waals surface area contributed by atoms with Crippen LogP contribution in [0.1, 0.15) is 0 Å². The van der Waals surface area contributed by atoms with Crippen molar-refractivity contribution in [1.29, 1.82) is 0 Å². The van der Waals surface area contributed by atoms with Crippen molar-refractivity contribution in [3.05, 3.63) is 18.5 Å². The molecule has 0 aliphatic rings. The van der Waals surface area contributed by atoms with Crippen LogP contribution in [-0.2, 0) is 4.79 Å². The molecular formula is C8H6F5N3O. The molecule has 0 fully saturated rings. The fourth-order valence-electron chi connectivity index (χ4n) is 0.850. The van der Waals surface area contributed by atoms with Crippen LogP contribution in [0.25, 0.3) is 0 Å². The van der Waals surface area contributed by atoms with E-state index in [1.54, 1.807) is 0 Å². The Morgan fingerprint density at radius 3 is 2.35 bits per heavy atom. The Hall–Kier alpha value is -1.93. The molecule has 0 aromatic carbocycles. The van der Waals surface area contributed by atoms with E-state index in [0.717, 1.165) is 18.5 Å². The molecule has 17 heavy (non-hydrogen) atoms. The molecule has 0 saturated carbocycles. The van der Waals surface area contributed by atoms with Crippen molar-refractivity contribution in [2.24, 2.45) is 0 Å². The Labute approximate surface area is 91.6 Å². The number of alkyl halides is 5. The van der Waals surface area contributed by atoms with Crippen LogP contribution in [0.5, 0.6) is 0 Å². The molecule has 0 unspecified atom stereocenters. The molecule has 0 bridgehead atoms. The number of nitrogens with one attached hydrogen (secondary N) is 1. The number of amides is 1. The molecular weight excluding hydrogens is 249 g/mol. The summed E-state index contributed by atoms with van der Waals surface area (Å²) in [4.78, 5) is 14.3. The van der Waals surface area contributed by atoms with Crippen LogP contribution in [0.3, 0.4) is 0 Å². The van der Waals surface area contributed by atoms with Gasteiger partial charge >= 0.3 is 18.0 Å². The molecule has 0 saturated heterocycles. The number of halogens is 5. The normalized spacial score (nSPS) is 12.3. The first-order valence-corrected chi connectivity index (χ1v) is 4.11. The van der Waals surface area contributed by atoms with Gasteiger partial charge in [0.15, 0.2) is 0 Å². The minimum absolute atomic E-state index is 0.223. The molecule has 1 rings (SSSR count). The van der Waals surface area contributed by atoms with E-state index in [2.05, 4.69) is 4.98 Å². The summed E-state index contributed by atoms with van der Waals surface area (Å²) in [5.74, 6) is -7.98. The molecule has 1 heterocycles. The van der Waals surface area contributed by atoms with Gasteiger partial charge in [0.1, 0.15) is 0 Å². The van der Waals surface area contributed by atoms with Crippen LogP contribution in [0.15, 0.2) is 18.5 Å². The minimum atomic E-state index is -5.96.